The molecule has 0 unspecified atom stereocenters. The monoisotopic (exact) mass is 416 g/mol. The minimum atomic E-state index is -3.90. The summed E-state index contributed by atoms with van der Waals surface area (Å²) in [5, 5.41) is 2.62. The van der Waals surface area contributed by atoms with Crippen LogP contribution in [0.1, 0.15) is 21.5 Å². The molecule has 0 bridgehead atoms. The van der Waals surface area contributed by atoms with Crippen LogP contribution >= 0.6 is 0 Å². The first-order chi connectivity index (χ1) is 13.7. The van der Waals surface area contributed by atoms with Gasteiger partial charge in [0.2, 0.25) is 0 Å². The zero-order valence-corrected chi connectivity index (χ0v) is 16.5. The summed E-state index contributed by atoms with van der Waals surface area (Å²) in [6.45, 7) is 3.21. The number of benzene rings is 3. The maximum Gasteiger partial charge on any atom is 0.261 e. The normalized spacial score (nSPS) is 11.2. The first kappa shape index (κ1) is 20.5. The molecule has 0 saturated heterocycles. The molecule has 29 heavy (non-hydrogen) atoms. The largest absolute Gasteiger partial charge is 0.322 e. The van der Waals surface area contributed by atoms with Crippen molar-refractivity contribution in [1.82, 2.24) is 0 Å². The van der Waals surface area contributed by atoms with Gasteiger partial charge in [-0.1, -0.05) is 6.07 Å². The minimum absolute atomic E-state index is 0.0696. The molecule has 2 N–H and O–H groups in total. The number of hydrogen-bond donors (Lipinski definition) is 2. The molecule has 1 amide bonds. The molecule has 0 aromatic heterocycles. The zero-order valence-electron chi connectivity index (χ0n) is 15.7. The van der Waals surface area contributed by atoms with E-state index < -0.39 is 27.6 Å². The third kappa shape index (κ3) is 4.78. The fourth-order valence-electron chi connectivity index (χ4n) is 2.61. The molecule has 3 rings (SSSR count). The Morgan fingerprint density at radius 1 is 0.862 bits per heavy atom. The van der Waals surface area contributed by atoms with Crippen LogP contribution in [-0.2, 0) is 10.0 Å². The minimum Gasteiger partial charge on any atom is -0.322 e. The molecule has 150 valence electrons. The first-order valence-corrected chi connectivity index (χ1v) is 10.1. The van der Waals surface area contributed by atoms with Crippen molar-refractivity contribution < 1.29 is 22.0 Å². The fourth-order valence-corrected chi connectivity index (χ4v) is 3.75. The molecule has 0 heterocycles. The predicted octanol–water partition coefficient (Wildman–Crippen LogP) is 4.63. The van der Waals surface area contributed by atoms with Gasteiger partial charge in [0.15, 0.2) is 0 Å². The second-order valence-electron chi connectivity index (χ2n) is 6.51. The number of hydrogen-bond acceptors (Lipinski definition) is 3. The van der Waals surface area contributed by atoms with Crippen LogP contribution < -0.4 is 10.0 Å². The predicted molar refractivity (Wildman–Crippen MR) is 107 cm³/mol. The smallest absolute Gasteiger partial charge is 0.261 e. The lowest BCUT2D eigenvalue weighted by Gasteiger charge is -2.11. The van der Waals surface area contributed by atoms with Crippen LogP contribution in [0.5, 0.6) is 0 Å². The van der Waals surface area contributed by atoms with Gasteiger partial charge in [-0.15, -0.1) is 0 Å². The third-order valence-electron chi connectivity index (χ3n) is 4.29. The van der Waals surface area contributed by atoms with Gasteiger partial charge in [-0.25, -0.2) is 17.2 Å². The Labute approximate surface area is 167 Å². The van der Waals surface area contributed by atoms with E-state index in [4.69, 9.17) is 0 Å². The Bertz CT molecular complexity index is 1180. The zero-order chi connectivity index (χ0) is 21.2. The molecule has 0 aliphatic rings. The summed E-state index contributed by atoms with van der Waals surface area (Å²) in [4.78, 5) is 12.3. The number of sulfonamides is 1. The van der Waals surface area contributed by atoms with Gasteiger partial charge in [-0.05, 0) is 79.6 Å². The van der Waals surface area contributed by atoms with Crippen molar-refractivity contribution in [3.05, 3.63) is 89.0 Å². The van der Waals surface area contributed by atoms with Crippen molar-refractivity contribution in [2.45, 2.75) is 18.7 Å². The average Bonchev–Trinajstić information content (AvgIpc) is 2.67. The van der Waals surface area contributed by atoms with Crippen LogP contribution in [0.25, 0.3) is 0 Å². The van der Waals surface area contributed by atoms with Gasteiger partial charge in [0.25, 0.3) is 15.9 Å². The Balaban J connectivity index is 1.75. The van der Waals surface area contributed by atoms with Gasteiger partial charge in [0.1, 0.15) is 11.6 Å². The number of anilines is 2. The SMILES string of the molecule is Cc1cc(S(=O)(=O)Nc2ccc(C(=O)Nc3cc(F)ccc3C)cc2)ccc1F. The highest BCUT2D eigenvalue weighted by molar-refractivity contribution is 7.92. The van der Waals surface area contributed by atoms with Gasteiger partial charge in [-0.2, -0.15) is 0 Å². The summed E-state index contributed by atoms with van der Waals surface area (Å²) < 4.78 is 54.0. The number of rotatable bonds is 5. The van der Waals surface area contributed by atoms with Crippen LogP contribution in [0, 0.1) is 25.5 Å². The molecule has 0 radical (unpaired) electrons. The standard InChI is InChI=1S/C21H18F2N2O3S/c1-13-3-6-16(22)12-20(13)24-21(26)15-4-7-17(8-5-15)25-29(27,28)18-9-10-19(23)14(2)11-18/h3-12,25H,1-2H3,(H,24,26). The molecule has 0 saturated carbocycles. The molecule has 3 aromatic rings. The van der Waals surface area contributed by atoms with Gasteiger partial charge in [0.05, 0.1) is 4.90 Å². The first-order valence-electron chi connectivity index (χ1n) is 8.62. The Morgan fingerprint density at radius 2 is 1.55 bits per heavy atom. The van der Waals surface area contributed by atoms with E-state index in [2.05, 4.69) is 10.0 Å². The molecular weight excluding hydrogens is 398 g/mol. The summed E-state index contributed by atoms with van der Waals surface area (Å²) in [5.41, 5.74) is 1.79. The van der Waals surface area contributed by atoms with Gasteiger partial charge in [0, 0.05) is 16.9 Å². The molecule has 0 aliphatic heterocycles. The van der Waals surface area contributed by atoms with Crippen LogP contribution in [0.2, 0.25) is 0 Å². The van der Waals surface area contributed by atoms with Gasteiger partial charge in [-0.3, -0.25) is 9.52 Å². The highest BCUT2D eigenvalue weighted by Crippen LogP contribution is 2.20. The number of carbonyl (C=O) groups excluding carboxylic acids is 1. The molecule has 0 spiro atoms. The molecule has 0 fully saturated rings. The van der Waals surface area contributed by atoms with E-state index in [9.17, 15) is 22.0 Å². The quantitative estimate of drug-likeness (QED) is 0.637. The van der Waals surface area contributed by atoms with E-state index in [1.807, 2.05) is 0 Å². The summed E-state index contributed by atoms with van der Waals surface area (Å²) in [7, 11) is -3.90. The second kappa shape index (κ2) is 8.00. The summed E-state index contributed by atoms with van der Waals surface area (Å²) in [5.74, 6) is -1.41. The number of aryl methyl sites for hydroxylation is 2. The second-order valence-corrected chi connectivity index (χ2v) is 8.19. The number of nitrogens with one attached hydrogen (secondary N) is 2. The average molecular weight is 416 g/mol. The molecular formula is C21H18F2N2O3S. The maximum atomic E-state index is 13.4. The highest BCUT2D eigenvalue weighted by atomic mass is 32.2. The number of carbonyl (C=O) groups is 1. The van der Waals surface area contributed by atoms with Crippen molar-refractivity contribution in [3.63, 3.8) is 0 Å². The van der Waals surface area contributed by atoms with E-state index in [0.717, 1.165) is 6.07 Å². The summed E-state index contributed by atoms with van der Waals surface area (Å²) in [6.07, 6.45) is 0. The van der Waals surface area contributed by atoms with Crippen molar-refractivity contribution in [2.24, 2.45) is 0 Å². The summed E-state index contributed by atoms with van der Waals surface area (Å²) in [6, 6.07) is 13.3. The lowest BCUT2D eigenvalue weighted by molar-refractivity contribution is 0.102. The van der Waals surface area contributed by atoms with E-state index >= 15 is 0 Å². The fraction of sp³-hybridized carbons (Fsp3) is 0.0952. The van der Waals surface area contributed by atoms with Crippen molar-refractivity contribution >= 4 is 27.3 Å². The van der Waals surface area contributed by atoms with Gasteiger partial charge >= 0.3 is 0 Å². The highest BCUT2D eigenvalue weighted by Gasteiger charge is 2.16. The Morgan fingerprint density at radius 3 is 2.21 bits per heavy atom. The Hall–Kier alpha value is -3.26. The number of amides is 1. The third-order valence-corrected chi connectivity index (χ3v) is 5.67. The molecule has 3 aromatic carbocycles. The molecule has 0 atom stereocenters. The van der Waals surface area contributed by atoms with Gasteiger partial charge < -0.3 is 5.32 Å². The van der Waals surface area contributed by atoms with E-state index in [-0.39, 0.29) is 21.7 Å². The van der Waals surface area contributed by atoms with Crippen LogP contribution in [0.4, 0.5) is 20.2 Å². The van der Waals surface area contributed by atoms with Crippen molar-refractivity contribution in [2.75, 3.05) is 10.0 Å². The lowest BCUT2D eigenvalue weighted by atomic mass is 10.1. The lowest BCUT2D eigenvalue weighted by Crippen LogP contribution is -2.15. The molecule has 5 nitrogen and oxygen atoms in total. The topological polar surface area (TPSA) is 75.3 Å². The summed E-state index contributed by atoms with van der Waals surface area (Å²) >= 11 is 0. The molecule has 0 aliphatic carbocycles. The Kier molecular flexibility index (Phi) is 5.65. The van der Waals surface area contributed by atoms with Crippen LogP contribution in [0.15, 0.2) is 65.6 Å². The van der Waals surface area contributed by atoms with Crippen molar-refractivity contribution in [3.8, 4) is 0 Å². The maximum absolute atomic E-state index is 13.4. The van der Waals surface area contributed by atoms with Crippen LogP contribution in [0.3, 0.4) is 0 Å². The van der Waals surface area contributed by atoms with E-state index in [1.54, 1.807) is 13.0 Å². The van der Waals surface area contributed by atoms with Crippen LogP contribution in [-0.4, -0.2) is 14.3 Å². The molecule has 8 heteroatoms. The van der Waals surface area contributed by atoms with E-state index in [0.29, 0.717) is 11.3 Å². The number of halogens is 2. The van der Waals surface area contributed by atoms with E-state index in [1.165, 1.54) is 55.5 Å². The van der Waals surface area contributed by atoms with Crippen molar-refractivity contribution in [1.29, 1.82) is 0 Å².